The summed E-state index contributed by atoms with van der Waals surface area (Å²) >= 11 is 16.2. The van der Waals surface area contributed by atoms with Crippen LogP contribution in [0.3, 0.4) is 0 Å². The minimum Gasteiger partial charge on any atom is -0.484 e. The molecule has 0 N–H and O–H groups in total. The molecule has 2 rings (SSSR count). The van der Waals surface area contributed by atoms with Crippen molar-refractivity contribution in [1.29, 1.82) is 0 Å². The normalized spacial score (nSPS) is 10.4. The van der Waals surface area contributed by atoms with Crippen LogP contribution in [0.2, 0.25) is 8.67 Å². The van der Waals surface area contributed by atoms with Gasteiger partial charge in [-0.05, 0) is 34.1 Å². The van der Waals surface area contributed by atoms with Gasteiger partial charge in [0.2, 0.25) is 5.78 Å². The average molecular weight is 366 g/mol. The number of carbonyl (C=O) groups excluding carboxylic acids is 1. The number of thiophene rings is 1. The lowest BCUT2D eigenvalue weighted by Gasteiger charge is -2.06. The molecule has 0 fully saturated rings. The number of hydrogen-bond acceptors (Lipinski definition) is 3. The Labute approximate surface area is 127 Å². The lowest BCUT2D eigenvalue weighted by Crippen LogP contribution is -2.11. The summed E-state index contributed by atoms with van der Waals surface area (Å²) in [7, 11) is 0. The highest BCUT2D eigenvalue weighted by Crippen LogP contribution is 2.31. The quantitative estimate of drug-likeness (QED) is 0.706. The van der Waals surface area contributed by atoms with Crippen LogP contribution < -0.4 is 4.74 Å². The minimum atomic E-state index is -0.195. The van der Waals surface area contributed by atoms with Crippen molar-refractivity contribution >= 4 is 56.3 Å². The van der Waals surface area contributed by atoms with E-state index < -0.39 is 0 Å². The lowest BCUT2D eigenvalue weighted by atomic mass is 10.2. The third kappa shape index (κ3) is 3.26. The van der Waals surface area contributed by atoms with Gasteiger partial charge in [-0.15, -0.1) is 11.3 Å². The Bertz CT molecular complexity index is 583. The van der Waals surface area contributed by atoms with Gasteiger partial charge in [-0.2, -0.15) is 0 Å². The number of hydrogen-bond donors (Lipinski definition) is 0. The first-order chi connectivity index (χ1) is 8.58. The molecule has 0 bridgehead atoms. The summed E-state index contributed by atoms with van der Waals surface area (Å²) in [4.78, 5) is 11.9. The smallest absolute Gasteiger partial charge is 0.202 e. The predicted octanol–water partition coefficient (Wildman–Crippen LogP) is 5.08. The second-order valence-electron chi connectivity index (χ2n) is 3.38. The molecule has 0 saturated carbocycles. The Morgan fingerprint density at radius 3 is 2.67 bits per heavy atom. The first kappa shape index (κ1) is 13.9. The van der Waals surface area contributed by atoms with Crippen LogP contribution in [0.1, 0.15) is 10.4 Å². The second kappa shape index (κ2) is 6.06. The Hall–Kier alpha value is -0.550. The molecule has 18 heavy (non-hydrogen) atoms. The molecule has 0 radical (unpaired) electrons. The molecule has 0 aliphatic heterocycles. The Morgan fingerprint density at radius 2 is 2.06 bits per heavy atom. The largest absolute Gasteiger partial charge is 0.484 e. The first-order valence-corrected chi connectivity index (χ1v) is 7.30. The van der Waals surface area contributed by atoms with Crippen molar-refractivity contribution < 1.29 is 9.53 Å². The number of benzene rings is 1. The van der Waals surface area contributed by atoms with Crippen molar-refractivity contribution in [3.8, 4) is 5.75 Å². The number of ether oxygens (including phenoxy) is 1. The van der Waals surface area contributed by atoms with E-state index in [2.05, 4.69) is 15.9 Å². The van der Waals surface area contributed by atoms with Crippen LogP contribution in [0.15, 0.2) is 34.8 Å². The standard InChI is InChI=1S/C12H7BrCl2O2S/c13-8-3-1-2-4-10(8)17-6-9(16)7-5-11(14)18-12(7)15/h1-5H,6H2. The van der Waals surface area contributed by atoms with E-state index in [-0.39, 0.29) is 12.4 Å². The van der Waals surface area contributed by atoms with Crippen molar-refractivity contribution in [3.63, 3.8) is 0 Å². The summed E-state index contributed by atoms with van der Waals surface area (Å²) < 4.78 is 7.10. The lowest BCUT2D eigenvalue weighted by molar-refractivity contribution is 0.0921. The Balaban J connectivity index is 2.05. The van der Waals surface area contributed by atoms with Crippen LogP contribution in [0.4, 0.5) is 0 Å². The van der Waals surface area contributed by atoms with E-state index >= 15 is 0 Å². The number of Topliss-reactive ketones (excluding diaryl/α,β-unsaturated/α-hetero) is 1. The number of halogens is 3. The summed E-state index contributed by atoms with van der Waals surface area (Å²) in [5.74, 6) is 0.419. The van der Waals surface area contributed by atoms with Crippen LogP contribution in [0.25, 0.3) is 0 Å². The third-order valence-corrected chi connectivity index (χ3v) is 4.30. The molecular formula is C12H7BrCl2O2S. The van der Waals surface area contributed by atoms with E-state index in [0.717, 1.165) is 4.47 Å². The summed E-state index contributed by atoms with van der Waals surface area (Å²) in [6.45, 7) is -0.0740. The van der Waals surface area contributed by atoms with Crippen LogP contribution in [0, 0.1) is 0 Å². The monoisotopic (exact) mass is 364 g/mol. The Kier molecular flexibility index (Phi) is 4.67. The van der Waals surface area contributed by atoms with E-state index in [1.807, 2.05) is 18.2 Å². The van der Waals surface area contributed by atoms with E-state index in [4.69, 9.17) is 27.9 Å². The molecule has 0 atom stereocenters. The molecule has 0 saturated heterocycles. The van der Waals surface area contributed by atoms with Gasteiger partial charge in [0, 0.05) is 0 Å². The molecule has 0 unspecified atom stereocenters. The number of rotatable bonds is 4. The van der Waals surface area contributed by atoms with E-state index in [1.54, 1.807) is 12.1 Å². The van der Waals surface area contributed by atoms with Crippen LogP contribution in [-0.4, -0.2) is 12.4 Å². The third-order valence-electron chi connectivity index (χ3n) is 2.15. The summed E-state index contributed by atoms with van der Waals surface area (Å²) in [5.41, 5.74) is 0.402. The molecular weight excluding hydrogens is 359 g/mol. The molecule has 0 aliphatic carbocycles. The van der Waals surface area contributed by atoms with Crippen LogP contribution >= 0.6 is 50.5 Å². The number of ketones is 1. The average Bonchev–Trinajstić information content (AvgIpc) is 2.67. The van der Waals surface area contributed by atoms with Crippen molar-refractivity contribution in [2.45, 2.75) is 0 Å². The van der Waals surface area contributed by atoms with Crippen LogP contribution in [0.5, 0.6) is 5.75 Å². The molecule has 2 aromatic rings. The molecule has 2 nitrogen and oxygen atoms in total. The van der Waals surface area contributed by atoms with Gasteiger partial charge in [-0.3, -0.25) is 4.79 Å². The maximum Gasteiger partial charge on any atom is 0.202 e. The van der Waals surface area contributed by atoms with Gasteiger partial charge in [0.05, 0.1) is 14.4 Å². The van der Waals surface area contributed by atoms with Gasteiger partial charge in [-0.25, -0.2) is 0 Å². The molecule has 6 heteroatoms. The van der Waals surface area contributed by atoms with Gasteiger partial charge in [0.15, 0.2) is 6.61 Å². The zero-order chi connectivity index (χ0) is 13.1. The topological polar surface area (TPSA) is 26.3 Å². The summed E-state index contributed by atoms with van der Waals surface area (Å²) in [5, 5.41) is 0. The molecule has 0 spiro atoms. The second-order valence-corrected chi connectivity index (χ2v) is 6.52. The van der Waals surface area contributed by atoms with Crippen molar-refractivity contribution in [3.05, 3.63) is 49.0 Å². The zero-order valence-electron chi connectivity index (χ0n) is 8.95. The fourth-order valence-electron chi connectivity index (χ4n) is 1.31. The van der Waals surface area contributed by atoms with E-state index in [0.29, 0.717) is 20.0 Å². The maximum atomic E-state index is 11.9. The van der Waals surface area contributed by atoms with E-state index in [9.17, 15) is 4.79 Å². The summed E-state index contributed by atoms with van der Waals surface area (Å²) in [6.07, 6.45) is 0. The zero-order valence-corrected chi connectivity index (χ0v) is 12.9. The van der Waals surface area contributed by atoms with Gasteiger partial charge in [-0.1, -0.05) is 35.3 Å². The predicted molar refractivity (Wildman–Crippen MR) is 78.3 cm³/mol. The SMILES string of the molecule is O=C(COc1ccccc1Br)c1cc(Cl)sc1Cl. The fourth-order valence-corrected chi connectivity index (χ4v) is 3.21. The summed E-state index contributed by atoms with van der Waals surface area (Å²) in [6, 6.07) is 8.88. The highest BCUT2D eigenvalue weighted by molar-refractivity contribution is 9.10. The van der Waals surface area contributed by atoms with Crippen molar-refractivity contribution in [2.24, 2.45) is 0 Å². The number of carbonyl (C=O) groups is 1. The van der Waals surface area contributed by atoms with Gasteiger partial charge >= 0.3 is 0 Å². The van der Waals surface area contributed by atoms with Crippen molar-refractivity contribution in [1.82, 2.24) is 0 Å². The van der Waals surface area contributed by atoms with Crippen molar-refractivity contribution in [2.75, 3.05) is 6.61 Å². The highest BCUT2D eigenvalue weighted by atomic mass is 79.9. The fraction of sp³-hybridized carbons (Fsp3) is 0.0833. The molecule has 94 valence electrons. The van der Waals surface area contributed by atoms with Gasteiger partial charge in [0.25, 0.3) is 0 Å². The maximum absolute atomic E-state index is 11.9. The molecule has 0 amide bonds. The molecule has 1 aromatic carbocycles. The highest BCUT2D eigenvalue weighted by Gasteiger charge is 2.15. The van der Waals surface area contributed by atoms with Crippen LogP contribution in [-0.2, 0) is 0 Å². The first-order valence-electron chi connectivity index (χ1n) is 4.93. The minimum absolute atomic E-state index is 0.0740. The van der Waals surface area contributed by atoms with Gasteiger partial charge in [0.1, 0.15) is 10.1 Å². The molecule has 0 aliphatic rings. The molecule has 1 aromatic heterocycles. The number of para-hydroxylation sites is 1. The Morgan fingerprint density at radius 1 is 1.33 bits per heavy atom. The van der Waals surface area contributed by atoms with E-state index in [1.165, 1.54) is 11.3 Å². The van der Waals surface area contributed by atoms with Gasteiger partial charge < -0.3 is 4.74 Å². The molecule has 1 heterocycles.